The van der Waals surface area contributed by atoms with Crippen LogP contribution in [0.25, 0.3) is 26.3 Å². The van der Waals surface area contributed by atoms with Crippen LogP contribution in [-0.2, 0) is 0 Å². The van der Waals surface area contributed by atoms with Crippen LogP contribution in [-0.4, -0.2) is 19.6 Å². The van der Waals surface area contributed by atoms with E-state index < -0.39 is 0 Å². The van der Waals surface area contributed by atoms with E-state index in [-0.39, 0.29) is 0 Å². The second-order valence-corrected chi connectivity index (χ2v) is 8.09. The smallest absolute Gasteiger partial charge is 0.154 e. The van der Waals surface area contributed by atoms with Crippen LogP contribution >= 0.6 is 11.3 Å². The number of nitrogens with zero attached hydrogens (tertiary/aromatic N) is 4. The second kappa shape index (κ2) is 6.42. The van der Waals surface area contributed by atoms with E-state index >= 15 is 0 Å². The highest BCUT2D eigenvalue weighted by Crippen LogP contribution is 2.35. The molecule has 1 aromatic carbocycles. The Hall–Kier alpha value is -3.25. The minimum absolute atomic E-state index is 0.786. The van der Waals surface area contributed by atoms with Crippen molar-refractivity contribution in [2.24, 2.45) is 0 Å². The molecule has 0 atom stereocenters. The zero-order chi connectivity index (χ0) is 19.3. The quantitative estimate of drug-likeness (QED) is 0.434. The van der Waals surface area contributed by atoms with E-state index in [9.17, 15) is 0 Å². The van der Waals surface area contributed by atoms with Gasteiger partial charge in [-0.05, 0) is 67.8 Å². The Morgan fingerprint density at radius 2 is 1.79 bits per heavy atom. The van der Waals surface area contributed by atoms with Crippen LogP contribution in [0, 0.1) is 20.8 Å². The number of nitrogens with one attached hydrogen (secondary N) is 1. The number of imidazole rings is 1. The summed E-state index contributed by atoms with van der Waals surface area (Å²) >= 11 is 1.75. The van der Waals surface area contributed by atoms with Crippen LogP contribution in [0.5, 0.6) is 0 Å². The Kier molecular flexibility index (Phi) is 3.87. The first-order chi connectivity index (χ1) is 13.6. The largest absolute Gasteiger partial charge is 0.339 e. The lowest BCUT2D eigenvalue weighted by Gasteiger charge is -2.08. The minimum Gasteiger partial charge on any atom is -0.339 e. The summed E-state index contributed by atoms with van der Waals surface area (Å²) in [5.74, 6) is 0.786. The van der Waals surface area contributed by atoms with Gasteiger partial charge in [0.25, 0.3) is 0 Å². The first kappa shape index (κ1) is 16.9. The fourth-order valence-electron chi connectivity index (χ4n) is 3.30. The molecule has 0 saturated carbocycles. The van der Waals surface area contributed by atoms with Gasteiger partial charge in [-0.3, -0.25) is 4.98 Å². The molecule has 28 heavy (non-hydrogen) atoms. The molecule has 138 valence electrons. The molecule has 0 amide bonds. The van der Waals surface area contributed by atoms with Crippen molar-refractivity contribution in [1.82, 2.24) is 19.6 Å². The predicted molar refractivity (Wildman–Crippen MR) is 116 cm³/mol. The average molecular weight is 385 g/mol. The maximum Gasteiger partial charge on any atom is 0.154 e. The Morgan fingerprint density at radius 3 is 2.61 bits per heavy atom. The van der Waals surface area contributed by atoms with E-state index in [0.717, 1.165) is 33.1 Å². The summed E-state index contributed by atoms with van der Waals surface area (Å²) in [6.45, 7) is 6.32. The molecule has 0 saturated heterocycles. The number of hydrogen-bond donors (Lipinski definition) is 1. The monoisotopic (exact) mass is 385 g/mol. The Labute approximate surface area is 166 Å². The fourth-order valence-corrected chi connectivity index (χ4v) is 4.39. The SMILES string of the molecule is Cc1ccc(Nc2ccc3ncc(-c4cc5cncc(C)c5s4)n3n2)cc1C. The van der Waals surface area contributed by atoms with Gasteiger partial charge in [0.2, 0.25) is 0 Å². The molecular weight excluding hydrogens is 366 g/mol. The molecule has 0 aliphatic heterocycles. The van der Waals surface area contributed by atoms with Gasteiger partial charge in [0.15, 0.2) is 11.5 Å². The summed E-state index contributed by atoms with van der Waals surface area (Å²) in [7, 11) is 0. The normalized spacial score (nSPS) is 11.4. The van der Waals surface area contributed by atoms with Gasteiger partial charge in [0.05, 0.1) is 11.1 Å². The van der Waals surface area contributed by atoms with E-state index in [4.69, 9.17) is 5.10 Å². The summed E-state index contributed by atoms with van der Waals surface area (Å²) in [4.78, 5) is 9.96. The van der Waals surface area contributed by atoms with Crippen molar-refractivity contribution in [3.05, 3.63) is 71.7 Å². The molecule has 0 unspecified atom stereocenters. The van der Waals surface area contributed by atoms with Gasteiger partial charge in [-0.15, -0.1) is 16.4 Å². The molecule has 0 aliphatic carbocycles. The summed E-state index contributed by atoms with van der Waals surface area (Å²) in [5, 5.41) is 9.34. The lowest BCUT2D eigenvalue weighted by Crippen LogP contribution is -2.00. The number of aryl methyl sites for hydroxylation is 3. The zero-order valence-electron chi connectivity index (χ0n) is 15.9. The van der Waals surface area contributed by atoms with Crippen molar-refractivity contribution in [1.29, 1.82) is 0 Å². The zero-order valence-corrected chi connectivity index (χ0v) is 16.7. The van der Waals surface area contributed by atoms with Gasteiger partial charge in [0, 0.05) is 28.2 Å². The molecular formula is C22H19N5S. The standard InChI is InChI=1S/C22H19N5S/c1-13-4-5-17(8-14(13)2)25-20-6-7-21-24-12-18(27(21)26-20)19-9-16-11-23-10-15(3)22(16)28-19/h4-12H,1-3H3,(H,25,26). The van der Waals surface area contributed by atoms with Crippen molar-refractivity contribution in [3.63, 3.8) is 0 Å². The number of benzene rings is 1. The summed E-state index contributed by atoms with van der Waals surface area (Å²) in [6, 6.07) is 12.4. The van der Waals surface area contributed by atoms with Gasteiger partial charge in [-0.1, -0.05) is 6.07 Å². The predicted octanol–water partition coefficient (Wildman–Crippen LogP) is 5.67. The van der Waals surface area contributed by atoms with Crippen LogP contribution in [0.4, 0.5) is 11.5 Å². The summed E-state index contributed by atoms with van der Waals surface area (Å²) in [5.41, 5.74) is 6.56. The maximum absolute atomic E-state index is 4.79. The number of thiophene rings is 1. The molecule has 0 spiro atoms. The van der Waals surface area contributed by atoms with Gasteiger partial charge < -0.3 is 5.32 Å². The molecule has 0 bridgehead atoms. The lowest BCUT2D eigenvalue weighted by molar-refractivity contribution is 0.950. The van der Waals surface area contributed by atoms with Crippen LogP contribution < -0.4 is 5.32 Å². The third kappa shape index (κ3) is 2.82. The van der Waals surface area contributed by atoms with Crippen LogP contribution in [0.2, 0.25) is 0 Å². The van der Waals surface area contributed by atoms with Crippen molar-refractivity contribution in [2.75, 3.05) is 5.32 Å². The number of anilines is 2. The number of fused-ring (bicyclic) bond motifs is 2. The number of pyridine rings is 1. The molecule has 0 radical (unpaired) electrons. The van der Waals surface area contributed by atoms with E-state index in [1.807, 2.05) is 35.2 Å². The molecule has 6 heteroatoms. The van der Waals surface area contributed by atoms with Crippen molar-refractivity contribution >= 4 is 38.6 Å². The van der Waals surface area contributed by atoms with Crippen molar-refractivity contribution < 1.29 is 0 Å². The highest BCUT2D eigenvalue weighted by molar-refractivity contribution is 7.22. The molecule has 5 nitrogen and oxygen atoms in total. The highest BCUT2D eigenvalue weighted by Gasteiger charge is 2.12. The number of rotatable bonds is 3. The van der Waals surface area contributed by atoms with Crippen LogP contribution in [0.3, 0.4) is 0 Å². The molecule has 4 heterocycles. The Morgan fingerprint density at radius 1 is 0.893 bits per heavy atom. The van der Waals surface area contributed by atoms with Crippen LogP contribution in [0.1, 0.15) is 16.7 Å². The Bertz CT molecular complexity index is 1330. The fraction of sp³-hybridized carbons (Fsp3) is 0.136. The molecule has 0 fully saturated rings. The lowest BCUT2D eigenvalue weighted by atomic mass is 10.1. The average Bonchev–Trinajstić information content (AvgIpc) is 3.29. The Balaban J connectivity index is 1.57. The number of aromatic nitrogens is 4. The highest BCUT2D eigenvalue weighted by atomic mass is 32.1. The van der Waals surface area contributed by atoms with Gasteiger partial charge in [-0.25, -0.2) is 9.50 Å². The summed E-state index contributed by atoms with van der Waals surface area (Å²) in [6.07, 6.45) is 5.70. The van der Waals surface area contributed by atoms with Crippen molar-refractivity contribution in [2.45, 2.75) is 20.8 Å². The number of hydrogen-bond acceptors (Lipinski definition) is 5. The van der Waals surface area contributed by atoms with E-state index in [0.29, 0.717) is 0 Å². The second-order valence-electron chi connectivity index (χ2n) is 7.04. The van der Waals surface area contributed by atoms with Crippen molar-refractivity contribution in [3.8, 4) is 10.6 Å². The first-order valence-electron chi connectivity index (χ1n) is 9.12. The third-order valence-electron chi connectivity index (χ3n) is 4.99. The van der Waals surface area contributed by atoms with Gasteiger partial charge in [0.1, 0.15) is 5.69 Å². The molecule has 5 aromatic rings. The molecule has 0 aliphatic rings. The van der Waals surface area contributed by atoms with E-state index in [1.165, 1.54) is 21.4 Å². The summed E-state index contributed by atoms with van der Waals surface area (Å²) < 4.78 is 3.15. The van der Waals surface area contributed by atoms with Gasteiger partial charge >= 0.3 is 0 Å². The van der Waals surface area contributed by atoms with Gasteiger partial charge in [-0.2, -0.15) is 0 Å². The molecule has 5 rings (SSSR count). The van der Waals surface area contributed by atoms with E-state index in [1.54, 1.807) is 11.3 Å². The minimum atomic E-state index is 0.786. The first-order valence-corrected chi connectivity index (χ1v) is 9.94. The van der Waals surface area contributed by atoms with E-state index in [2.05, 4.69) is 60.3 Å². The topological polar surface area (TPSA) is 55.1 Å². The molecule has 1 N–H and O–H groups in total. The third-order valence-corrected chi connectivity index (χ3v) is 6.30. The maximum atomic E-state index is 4.79. The van der Waals surface area contributed by atoms with Crippen LogP contribution in [0.15, 0.2) is 55.0 Å². The molecule has 4 aromatic heterocycles.